The first-order chi connectivity index (χ1) is 11.1. The van der Waals surface area contributed by atoms with Crippen LogP contribution >= 0.6 is 0 Å². The summed E-state index contributed by atoms with van der Waals surface area (Å²) >= 11 is 0. The molecule has 0 aliphatic carbocycles. The lowest BCUT2D eigenvalue weighted by atomic mass is 10.1. The number of aryl methyl sites for hydroxylation is 3. The summed E-state index contributed by atoms with van der Waals surface area (Å²) in [4.78, 5) is 4.69. The van der Waals surface area contributed by atoms with E-state index >= 15 is 0 Å². The van der Waals surface area contributed by atoms with Crippen LogP contribution in [0, 0.1) is 13.8 Å². The molecule has 1 aromatic heterocycles. The van der Waals surface area contributed by atoms with Crippen molar-refractivity contribution < 1.29 is 0 Å². The van der Waals surface area contributed by atoms with Crippen molar-refractivity contribution in [3.63, 3.8) is 0 Å². The summed E-state index contributed by atoms with van der Waals surface area (Å²) in [5.41, 5.74) is 2.31. The number of rotatable bonds is 10. The summed E-state index contributed by atoms with van der Waals surface area (Å²) in [5.74, 6) is 0.935. The first-order valence-corrected chi connectivity index (χ1v) is 9.12. The Balaban J connectivity index is 2.37. The van der Waals surface area contributed by atoms with Gasteiger partial charge in [0.2, 0.25) is 0 Å². The lowest BCUT2D eigenvalue weighted by Gasteiger charge is -2.17. The third-order valence-corrected chi connectivity index (χ3v) is 3.87. The molecule has 0 aliphatic rings. The third-order valence-electron chi connectivity index (χ3n) is 3.87. The van der Waals surface area contributed by atoms with Gasteiger partial charge in [0, 0.05) is 31.4 Å². The molecule has 2 N–H and O–H groups in total. The molecule has 132 valence electrons. The molecule has 0 aliphatic heterocycles. The molecule has 0 fully saturated rings. The molecule has 0 bridgehead atoms. The second-order valence-electron chi connectivity index (χ2n) is 6.31. The standard InChI is InChI=1S/C18H35N5/c1-6-8-9-11-15(3)21-18(19-7-2)20-12-10-13-23-17(5)14-16(4)22-23/h14-15H,6-13H2,1-5H3,(H2,19,20,21). The van der Waals surface area contributed by atoms with Gasteiger partial charge < -0.3 is 10.6 Å². The van der Waals surface area contributed by atoms with Crippen LogP contribution in [0.2, 0.25) is 0 Å². The highest BCUT2D eigenvalue weighted by molar-refractivity contribution is 5.79. The zero-order valence-electron chi connectivity index (χ0n) is 15.7. The van der Waals surface area contributed by atoms with E-state index in [4.69, 9.17) is 0 Å². The topological polar surface area (TPSA) is 54.2 Å². The number of aromatic nitrogens is 2. The minimum atomic E-state index is 0.468. The number of nitrogens with one attached hydrogen (secondary N) is 2. The van der Waals surface area contributed by atoms with Crippen LogP contribution < -0.4 is 10.6 Å². The predicted molar refractivity (Wildman–Crippen MR) is 99.0 cm³/mol. The first-order valence-electron chi connectivity index (χ1n) is 9.12. The van der Waals surface area contributed by atoms with Crippen LogP contribution in [0.25, 0.3) is 0 Å². The molecule has 5 nitrogen and oxygen atoms in total. The van der Waals surface area contributed by atoms with Crippen LogP contribution in [0.1, 0.15) is 64.3 Å². The summed E-state index contributed by atoms with van der Waals surface area (Å²) in [7, 11) is 0. The smallest absolute Gasteiger partial charge is 0.191 e. The third kappa shape index (κ3) is 8.05. The molecule has 1 atom stereocenters. The van der Waals surface area contributed by atoms with Crippen molar-refractivity contribution in [3.05, 3.63) is 17.5 Å². The summed E-state index contributed by atoms with van der Waals surface area (Å²) in [6, 6.07) is 2.59. The van der Waals surface area contributed by atoms with E-state index < -0.39 is 0 Å². The average Bonchev–Trinajstić information content (AvgIpc) is 2.82. The Morgan fingerprint density at radius 2 is 2.04 bits per heavy atom. The number of unbranched alkanes of at least 4 members (excludes halogenated alkanes) is 2. The highest BCUT2D eigenvalue weighted by Crippen LogP contribution is 2.04. The normalized spacial score (nSPS) is 13.2. The Morgan fingerprint density at radius 3 is 2.65 bits per heavy atom. The van der Waals surface area contributed by atoms with Gasteiger partial charge in [-0.25, -0.2) is 0 Å². The van der Waals surface area contributed by atoms with Gasteiger partial charge in [0.1, 0.15) is 0 Å². The molecule has 0 aromatic carbocycles. The second kappa shape index (κ2) is 11.1. The molecular formula is C18H35N5. The molecule has 0 amide bonds. The Kier molecular flexibility index (Phi) is 9.41. The van der Waals surface area contributed by atoms with Crippen LogP contribution in [0.15, 0.2) is 11.1 Å². The lowest BCUT2D eigenvalue weighted by Crippen LogP contribution is -2.42. The number of aliphatic imine (C=N–C) groups is 1. The van der Waals surface area contributed by atoms with E-state index in [9.17, 15) is 0 Å². The molecule has 1 rings (SSSR count). The van der Waals surface area contributed by atoms with Crippen molar-refractivity contribution >= 4 is 5.96 Å². The molecule has 0 spiro atoms. The van der Waals surface area contributed by atoms with Crippen LogP contribution in [-0.2, 0) is 6.54 Å². The van der Waals surface area contributed by atoms with Crippen molar-refractivity contribution in [2.75, 3.05) is 13.1 Å². The molecule has 1 unspecified atom stereocenters. The number of nitrogens with zero attached hydrogens (tertiary/aromatic N) is 3. The zero-order chi connectivity index (χ0) is 17.1. The van der Waals surface area contributed by atoms with Crippen LogP contribution in [0.3, 0.4) is 0 Å². The highest BCUT2D eigenvalue weighted by Gasteiger charge is 2.05. The van der Waals surface area contributed by atoms with Crippen molar-refractivity contribution in [1.82, 2.24) is 20.4 Å². The maximum Gasteiger partial charge on any atom is 0.191 e. The van der Waals surface area contributed by atoms with Crippen LogP contribution in [0.4, 0.5) is 0 Å². The maximum atomic E-state index is 4.69. The second-order valence-corrected chi connectivity index (χ2v) is 6.31. The highest BCUT2D eigenvalue weighted by atomic mass is 15.3. The van der Waals surface area contributed by atoms with Gasteiger partial charge in [0.25, 0.3) is 0 Å². The number of guanidine groups is 1. The van der Waals surface area contributed by atoms with Crippen molar-refractivity contribution in [3.8, 4) is 0 Å². The van der Waals surface area contributed by atoms with E-state index in [1.807, 2.05) is 6.92 Å². The molecule has 0 saturated carbocycles. The van der Waals surface area contributed by atoms with Crippen molar-refractivity contribution in [1.29, 1.82) is 0 Å². The molecule has 23 heavy (non-hydrogen) atoms. The Labute approximate surface area is 142 Å². The zero-order valence-corrected chi connectivity index (χ0v) is 15.7. The van der Waals surface area contributed by atoms with Gasteiger partial charge in [-0.15, -0.1) is 0 Å². The van der Waals surface area contributed by atoms with E-state index in [0.717, 1.165) is 37.7 Å². The monoisotopic (exact) mass is 321 g/mol. The fourth-order valence-corrected chi connectivity index (χ4v) is 2.64. The fourth-order valence-electron chi connectivity index (χ4n) is 2.64. The average molecular weight is 322 g/mol. The Bertz CT molecular complexity index is 464. The number of hydrogen-bond acceptors (Lipinski definition) is 2. The SMILES string of the molecule is CCCCCC(C)NC(=NCCCn1nc(C)cc1C)NCC. The van der Waals surface area contributed by atoms with E-state index in [0.29, 0.717) is 6.04 Å². The van der Waals surface area contributed by atoms with Gasteiger partial charge in [-0.1, -0.05) is 26.2 Å². The maximum absolute atomic E-state index is 4.69. The molecule has 1 heterocycles. The summed E-state index contributed by atoms with van der Waals surface area (Å²) in [6.07, 6.45) is 6.06. The summed E-state index contributed by atoms with van der Waals surface area (Å²) < 4.78 is 2.07. The van der Waals surface area contributed by atoms with Crippen molar-refractivity contribution in [2.45, 2.75) is 79.3 Å². The number of hydrogen-bond donors (Lipinski definition) is 2. The molecular weight excluding hydrogens is 286 g/mol. The lowest BCUT2D eigenvalue weighted by molar-refractivity contribution is 0.543. The van der Waals surface area contributed by atoms with Crippen LogP contribution in [0.5, 0.6) is 0 Å². The Morgan fingerprint density at radius 1 is 1.26 bits per heavy atom. The van der Waals surface area contributed by atoms with E-state index in [-0.39, 0.29) is 0 Å². The molecule has 0 radical (unpaired) electrons. The minimum Gasteiger partial charge on any atom is -0.357 e. The van der Waals surface area contributed by atoms with Crippen LogP contribution in [-0.4, -0.2) is 34.9 Å². The molecule has 5 heteroatoms. The van der Waals surface area contributed by atoms with Crippen molar-refractivity contribution in [2.24, 2.45) is 4.99 Å². The largest absolute Gasteiger partial charge is 0.357 e. The first kappa shape index (κ1) is 19.5. The predicted octanol–water partition coefficient (Wildman–Crippen LogP) is 3.41. The minimum absolute atomic E-state index is 0.468. The van der Waals surface area contributed by atoms with E-state index in [1.165, 1.54) is 31.4 Å². The van der Waals surface area contributed by atoms with Gasteiger partial charge >= 0.3 is 0 Å². The van der Waals surface area contributed by atoms with Gasteiger partial charge in [0.05, 0.1) is 5.69 Å². The van der Waals surface area contributed by atoms with Gasteiger partial charge in [-0.2, -0.15) is 5.10 Å². The summed E-state index contributed by atoms with van der Waals surface area (Å²) in [6.45, 7) is 13.4. The molecule has 0 saturated heterocycles. The Hall–Kier alpha value is -1.52. The quantitative estimate of drug-likeness (QED) is 0.394. The van der Waals surface area contributed by atoms with E-state index in [1.54, 1.807) is 0 Å². The van der Waals surface area contributed by atoms with Gasteiger partial charge in [0.15, 0.2) is 5.96 Å². The molecule has 1 aromatic rings. The summed E-state index contributed by atoms with van der Waals surface area (Å²) in [5, 5.41) is 11.3. The van der Waals surface area contributed by atoms with Gasteiger partial charge in [-0.3, -0.25) is 9.67 Å². The van der Waals surface area contributed by atoms with Gasteiger partial charge in [-0.05, 0) is 46.6 Å². The van der Waals surface area contributed by atoms with E-state index in [2.05, 4.69) is 59.2 Å². The fraction of sp³-hybridized carbons (Fsp3) is 0.778.